The van der Waals surface area contributed by atoms with E-state index in [1.807, 2.05) is 0 Å². The Labute approximate surface area is 109 Å². The van der Waals surface area contributed by atoms with Gasteiger partial charge in [-0.2, -0.15) is 0 Å². The molecular formula is C15H23NO2. The Morgan fingerprint density at radius 2 is 2.06 bits per heavy atom. The maximum absolute atomic E-state index is 6.44. The summed E-state index contributed by atoms with van der Waals surface area (Å²) in [5.74, 6) is 0.972. The van der Waals surface area contributed by atoms with Crippen LogP contribution in [0.15, 0.2) is 18.2 Å². The Morgan fingerprint density at radius 1 is 1.33 bits per heavy atom. The third-order valence-electron chi connectivity index (χ3n) is 3.77. The second-order valence-electron chi connectivity index (χ2n) is 5.15. The molecule has 0 unspecified atom stereocenters. The number of benzene rings is 1. The maximum Gasteiger partial charge on any atom is 0.122 e. The molecule has 0 aliphatic carbocycles. The highest BCUT2D eigenvalue weighted by molar-refractivity contribution is 5.38. The van der Waals surface area contributed by atoms with Crippen LogP contribution < -0.4 is 10.5 Å². The van der Waals surface area contributed by atoms with Crippen LogP contribution in [0.4, 0.5) is 0 Å². The van der Waals surface area contributed by atoms with E-state index >= 15 is 0 Å². The molecule has 18 heavy (non-hydrogen) atoms. The molecule has 0 amide bonds. The molecule has 1 aromatic carbocycles. The molecule has 1 aliphatic rings. The van der Waals surface area contributed by atoms with E-state index in [0.717, 1.165) is 44.6 Å². The van der Waals surface area contributed by atoms with Gasteiger partial charge in [0, 0.05) is 18.8 Å². The molecule has 1 aromatic rings. The van der Waals surface area contributed by atoms with E-state index in [2.05, 4.69) is 25.1 Å². The number of ether oxygens (including phenoxy) is 2. The molecule has 0 radical (unpaired) electrons. The van der Waals surface area contributed by atoms with Gasteiger partial charge in [-0.05, 0) is 42.9 Å². The van der Waals surface area contributed by atoms with Crippen molar-refractivity contribution in [1.29, 1.82) is 0 Å². The van der Waals surface area contributed by atoms with Crippen molar-refractivity contribution >= 4 is 0 Å². The summed E-state index contributed by atoms with van der Waals surface area (Å²) < 4.78 is 10.7. The van der Waals surface area contributed by atoms with Gasteiger partial charge < -0.3 is 15.2 Å². The van der Waals surface area contributed by atoms with Crippen LogP contribution in [0.25, 0.3) is 0 Å². The van der Waals surface area contributed by atoms with Gasteiger partial charge in [0.25, 0.3) is 0 Å². The Morgan fingerprint density at radius 3 is 2.67 bits per heavy atom. The van der Waals surface area contributed by atoms with E-state index in [-0.39, 0.29) is 5.54 Å². The van der Waals surface area contributed by atoms with Crippen molar-refractivity contribution in [2.75, 3.05) is 20.3 Å². The predicted octanol–water partition coefficient (Wildman–Crippen LogP) is 2.31. The highest BCUT2D eigenvalue weighted by Gasteiger charge is 2.28. The molecule has 0 aromatic heterocycles. The molecule has 0 bridgehead atoms. The number of methoxy groups -OCH3 is 1. The fourth-order valence-corrected chi connectivity index (χ4v) is 2.58. The quantitative estimate of drug-likeness (QED) is 0.890. The lowest BCUT2D eigenvalue weighted by molar-refractivity contribution is 0.0533. The first-order valence-corrected chi connectivity index (χ1v) is 6.69. The van der Waals surface area contributed by atoms with E-state index < -0.39 is 0 Å². The van der Waals surface area contributed by atoms with Gasteiger partial charge >= 0.3 is 0 Å². The van der Waals surface area contributed by atoms with E-state index in [1.165, 1.54) is 11.1 Å². The lowest BCUT2D eigenvalue weighted by Gasteiger charge is -2.33. The normalized spacial score (nSPS) is 18.6. The second kappa shape index (κ2) is 5.72. The Kier molecular flexibility index (Phi) is 4.25. The van der Waals surface area contributed by atoms with Crippen LogP contribution in [0.1, 0.15) is 30.9 Å². The first-order valence-electron chi connectivity index (χ1n) is 6.69. The summed E-state index contributed by atoms with van der Waals surface area (Å²) in [5.41, 5.74) is 8.90. The van der Waals surface area contributed by atoms with Crippen LogP contribution in [-0.4, -0.2) is 25.9 Å². The van der Waals surface area contributed by atoms with Gasteiger partial charge in [-0.15, -0.1) is 0 Å². The minimum absolute atomic E-state index is 0.0994. The molecule has 1 fully saturated rings. The summed E-state index contributed by atoms with van der Waals surface area (Å²) in [7, 11) is 1.72. The standard InChI is InChI=1S/C15H23NO2/c1-3-13-10-12(4-5-14(13)17-2)11-15(16)6-8-18-9-7-15/h4-5,10H,3,6-9,11,16H2,1-2H3. The molecule has 0 spiro atoms. The summed E-state index contributed by atoms with van der Waals surface area (Å²) in [5, 5.41) is 0. The Bertz CT molecular complexity index is 397. The van der Waals surface area contributed by atoms with Crippen molar-refractivity contribution in [3.63, 3.8) is 0 Å². The van der Waals surface area contributed by atoms with E-state index in [9.17, 15) is 0 Å². The summed E-state index contributed by atoms with van der Waals surface area (Å²) in [6.45, 7) is 3.72. The number of rotatable bonds is 4. The van der Waals surface area contributed by atoms with Crippen LogP contribution in [-0.2, 0) is 17.6 Å². The van der Waals surface area contributed by atoms with Gasteiger partial charge in [0.05, 0.1) is 7.11 Å². The van der Waals surface area contributed by atoms with Gasteiger partial charge in [0.1, 0.15) is 5.75 Å². The van der Waals surface area contributed by atoms with Crippen molar-refractivity contribution in [1.82, 2.24) is 0 Å². The van der Waals surface area contributed by atoms with E-state index in [1.54, 1.807) is 7.11 Å². The number of hydrogen-bond acceptors (Lipinski definition) is 3. The Hall–Kier alpha value is -1.06. The average Bonchev–Trinajstić information content (AvgIpc) is 2.39. The third kappa shape index (κ3) is 3.03. The summed E-state index contributed by atoms with van der Waals surface area (Å²) >= 11 is 0. The van der Waals surface area contributed by atoms with Crippen molar-refractivity contribution in [2.45, 2.75) is 38.1 Å². The zero-order valence-electron chi connectivity index (χ0n) is 11.4. The molecule has 1 aliphatic heterocycles. The highest BCUT2D eigenvalue weighted by atomic mass is 16.5. The smallest absolute Gasteiger partial charge is 0.122 e. The first-order chi connectivity index (χ1) is 8.67. The van der Waals surface area contributed by atoms with Gasteiger partial charge in [-0.3, -0.25) is 0 Å². The minimum atomic E-state index is -0.0994. The van der Waals surface area contributed by atoms with Gasteiger partial charge in [0.15, 0.2) is 0 Å². The van der Waals surface area contributed by atoms with Crippen LogP contribution >= 0.6 is 0 Å². The molecule has 3 nitrogen and oxygen atoms in total. The third-order valence-corrected chi connectivity index (χ3v) is 3.77. The molecule has 0 saturated carbocycles. The zero-order valence-corrected chi connectivity index (χ0v) is 11.4. The lowest BCUT2D eigenvalue weighted by Crippen LogP contribution is -2.46. The number of aryl methyl sites for hydroxylation is 1. The second-order valence-corrected chi connectivity index (χ2v) is 5.15. The van der Waals surface area contributed by atoms with Crippen molar-refractivity contribution in [2.24, 2.45) is 5.73 Å². The number of hydrogen-bond donors (Lipinski definition) is 1. The minimum Gasteiger partial charge on any atom is -0.496 e. The molecule has 3 heteroatoms. The largest absolute Gasteiger partial charge is 0.496 e. The van der Waals surface area contributed by atoms with E-state index in [0.29, 0.717) is 0 Å². The van der Waals surface area contributed by atoms with Gasteiger partial charge in [-0.25, -0.2) is 0 Å². The topological polar surface area (TPSA) is 44.5 Å². The fraction of sp³-hybridized carbons (Fsp3) is 0.600. The van der Waals surface area contributed by atoms with Gasteiger partial charge in [-0.1, -0.05) is 19.1 Å². The van der Waals surface area contributed by atoms with Gasteiger partial charge in [0.2, 0.25) is 0 Å². The van der Waals surface area contributed by atoms with Crippen LogP contribution in [0.5, 0.6) is 5.75 Å². The van der Waals surface area contributed by atoms with Crippen molar-refractivity contribution < 1.29 is 9.47 Å². The average molecular weight is 249 g/mol. The van der Waals surface area contributed by atoms with Crippen LogP contribution in [0.2, 0.25) is 0 Å². The van der Waals surface area contributed by atoms with Crippen LogP contribution in [0, 0.1) is 0 Å². The van der Waals surface area contributed by atoms with Crippen molar-refractivity contribution in [3.8, 4) is 5.75 Å². The Balaban J connectivity index is 2.13. The lowest BCUT2D eigenvalue weighted by atomic mass is 9.84. The summed E-state index contributed by atoms with van der Waals surface area (Å²) in [6.07, 6.45) is 3.80. The van der Waals surface area contributed by atoms with E-state index in [4.69, 9.17) is 15.2 Å². The first kappa shape index (κ1) is 13.4. The van der Waals surface area contributed by atoms with Crippen molar-refractivity contribution in [3.05, 3.63) is 29.3 Å². The van der Waals surface area contributed by atoms with Crippen LogP contribution in [0.3, 0.4) is 0 Å². The molecule has 100 valence electrons. The highest BCUT2D eigenvalue weighted by Crippen LogP contribution is 2.26. The summed E-state index contributed by atoms with van der Waals surface area (Å²) in [6, 6.07) is 6.40. The summed E-state index contributed by atoms with van der Waals surface area (Å²) in [4.78, 5) is 0. The molecule has 2 rings (SSSR count). The fourth-order valence-electron chi connectivity index (χ4n) is 2.58. The molecule has 2 N–H and O–H groups in total. The maximum atomic E-state index is 6.44. The predicted molar refractivity (Wildman–Crippen MR) is 73.0 cm³/mol. The molecule has 1 saturated heterocycles. The molecule has 0 atom stereocenters. The molecule has 1 heterocycles. The monoisotopic (exact) mass is 249 g/mol. The number of nitrogens with two attached hydrogens (primary N) is 1. The zero-order chi connectivity index (χ0) is 13.0. The molecular weight excluding hydrogens is 226 g/mol. The SMILES string of the molecule is CCc1cc(CC2(N)CCOCC2)ccc1OC.